The minimum Gasteiger partial charge on any atom is -0.347 e. The molecule has 5 atom stereocenters. The summed E-state index contributed by atoms with van der Waals surface area (Å²) < 4.78 is 12.4. The predicted molar refractivity (Wildman–Crippen MR) is 86.7 cm³/mol. The van der Waals surface area contributed by atoms with Gasteiger partial charge >= 0.3 is 0 Å². The van der Waals surface area contributed by atoms with E-state index in [1.807, 2.05) is 6.08 Å². The van der Waals surface area contributed by atoms with Gasteiger partial charge in [-0.1, -0.05) is 12.5 Å². The summed E-state index contributed by atoms with van der Waals surface area (Å²) in [5.41, 5.74) is 1.68. The van der Waals surface area contributed by atoms with Crippen molar-refractivity contribution in [3.8, 4) is 0 Å². The molecular weight excluding hydrogens is 288 g/mol. The van der Waals surface area contributed by atoms with Gasteiger partial charge in [-0.25, -0.2) is 0 Å². The van der Waals surface area contributed by atoms with Gasteiger partial charge in [-0.2, -0.15) is 0 Å². The van der Waals surface area contributed by atoms with Gasteiger partial charge in [0.1, 0.15) is 0 Å². The van der Waals surface area contributed by atoms with Crippen molar-refractivity contribution in [2.24, 2.45) is 29.1 Å². The summed E-state index contributed by atoms with van der Waals surface area (Å²) in [7, 11) is 0. The fourth-order valence-corrected chi connectivity index (χ4v) is 7.07. The van der Waals surface area contributed by atoms with Crippen LogP contribution in [0.1, 0.15) is 58.3 Å². The Kier molecular flexibility index (Phi) is 3.13. The van der Waals surface area contributed by atoms with E-state index < -0.39 is 0 Å². The fourth-order valence-electron chi connectivity index (χ4n) is 7.07. The van der Waals surface area contributed by atoms with Crippen LogP contribution in [-0.2, 0) is 14.3 Å². The van der Waals surface area contributed by atoms with Gasteiger partial charge in [0.05, 0.1) is 13.2 Å². The maximum absolute atomic E-state index is 11.8. The zero-order valence-electron chi connectivity index (χ0n) is 14.2. The Morgan fingerprint density at radius 3 is 2.65 bits per heavy atom. The first-order chi connectivity index (χ1) is 11.1. The molecule has 0 aromatic carbocycles. The fraction of sp³-hybridized carbons (Fsp3) is 0.850. The number of ketones is 1. The SMILES string of the molecule is C[C@]12CCC3C4CCC(=O)C=C4CCC3C1CCC21OCCO1. The van der Waals surface area contributed by atoms with Crippen LogP contribution in [0.25, 0.3) is 0 Å². The Morgan fingerprint density at radius 1 is 1.00 bits per heavy atom. The van der Waals surface area contributed by atoms with E-state index in [1.165, 1.54) is 31.3 Å². The average molecular weight is 316 g/mol. The summed E-state index contributed by atoms with van der Waals surface area (Å²) in [5.74, 6) is 3.15. The summed E-state index contributed by atoms with van der Waals surface area (Å²) >= 11 is 0. The van der Waals surface area contributed by atoms with E-state index in [2.05, 4.69) is 6.92 Å². The number of carbonyl (C=O) groups excluding carboxylic acids is 1. The van der Waals surface area contributed by atoms with Crippen LogP contribution in [0, 0.1) is 29.1 Å². The highest BCUT2D eigenvalue weighted by atomic mass is 16.7. The van der Waals surface area contributed by atoms with Gasteiger partial charge in [0, 0.05) is 18.3 Å². The van der Waals surface area contributed by atoms with Crippen LogP contribution in [0.2, 0.25) is 0 Å². The number of ether oxygens (including phenoxy) is 2. The van der Waals surface area contributed by atoms with Crippen LogP contribution >= 0.6 is 0 Å². The van der Waals surface area contributed by atoms with Crippen molar-refractivity contribution in [3.63, 3.8) is 0 Å². The number of rotatable bonds is 0. The Labute approximate surface area is 138 Å². The van der Waals surface area contributed by atoms with Gasteiger partial charge in [0.15, 0.2) is 11.6 Å². The molecular formula is C20H28O3. The predicted octanol–water partition coefficient (Wildman–Crippen LogP) is 3.87. The largest absolute Gasteiger partial charge is 0.347 e. The van der Waals surface area contributed by atoms with Gasteiger partial charge in [0.25, 0.3) is 0 Å². The van der Waals surface area contributed by atoms with Crippen molar-refractivity contribution in [3.05, 3.63) is 11.6 Å². The number of allylic oxidation sites excluding steroid dienone is 1. The molecule has 0 radical (unpaired) electrons. The molecule has 4 aliphatic carbocycles. The smallest absolute Gasteiger partial charge is 0.174 e. The first-order valence-electron chi connectivity index (χ1n) is 9.64. The summed E-state index contributed by atoms with van der Waals surface area (Å²) in [5, 5.41) is 0. The lowest BCUT2D eigenvalue weighted by molar-refractivity contribution is -0.240. The van der Waals surface area contributed by atoms with E-state index in [0.29, 0.717) is 11.7 Å². The lowest BCUT2D eigenvalue weighted by Crippen LogP contribution is -2.53. The molecule has 0 bridgehead atoms. The van der Waals surface area contributed by atoms with E-state index in [0.717, 1.165) is 56.7 Å². The Hall–Kier alpha value is -0.670. The molecule has 5 aliphatic rings. The van der Waals surface area contributed by atoms with E-state index in [9.17, 15) is 4.79 Å². The van der Waals surface area contributed by atoms with Crippen LogP contribution in [-0.4, -0.2) is 24.8 Å². The van der Waals surface area contributed by atoms with E-state index in [4.69, 9.17) is 9.47 Å². The zero-order valence-corrected chi connectivity index (χ0v) is 14.2. The van der Waals surface area contributed by atoms with Crippen LogP contribution in [0.5, 0.6) is 0 Å². The second-order valence-corrected chi connectivity index (χ2v) is 8.75. The molecule has 0 aromatic heterocycles. The summed E-state index contributed by atoms with van der Waals surface area (Å²) in [4.78, 5) is 11.8. The van der Waals surface area contributed by atoms with E-state index >= 15 is 0 Å². The van der Waals surface area contributed by atoms with E-state index in [-0.39, 0.29) is 11.2 Å². The van der Waals surface area contributed by atoms with Gasteiger partial charge < -0.3 is 9.47 Å². The number of carbonyl (C=O) groups is 1. The quantitative estimate of drug-likeness (QED) is 0.680. The van der Waals surface area contributed by atoms with Crippen molar-refractivity contribution >= 4 is 5.78 Å². The zero-order chi connectivity index (χ0) is 15.7. The Balaban J connectivity index is 1.46. The molecule has 0 aromatic rings. The molecule has 0 amide bonds. The van der Waals surface area contributed by atoms with Crippen molar-refractivity contribution < 1.29 is 14.3 Å². The topological polar surface area (TPSA) is 35.5 Å². The third-order valence-corrected chi connectivity index (χ3v) is 8.10. The first kappa shape index (κ1) is 14.7. The lowest BCUT2D eigenvalue weighted by atomic mass is 9.51. The van der Waals surface area contributed by atoms with Crippen molar-refractivity contribution in [1.29, 1.82) is 0 Å². The summed E-state index contributed by atoms with van der Waals surface area (Å²) in [6.45, 7) is 3.99. The lowest BCUT2D eigenvalue weighted by Gasteiger charge is -2.55. The van der Waals surface area contributed by atoms with Crippen LogP contribution in [0.15, 0.2) is 11.6 Å². The molecule has 5 rings (SSSR count). The highest BCUT2D eigenvalue weighted by molar-refractivity contribution is 5.91. The van der Waals surface area contributed by atoms with Gasteiger partial charge in [0.2, 0.25) is 0 Å². The Morgan fingerprint density at radius 2 is 1.83 bits per heavy atom. The molecule has 1 saturated heterocycles. The molecule has 1 aliphatic heterocycles. The monoisotopic (exact) mass is 316 g/mol. The van der Waals surface area contributed by atoms with Gasteiger partial charge in [-0.3, -0.25) is 4.79 Å². The molecule has 1 heterocycles. The van der Waals surface area contributed by atoms with Crippen LogP contribution in [0.4, 0.5) is 0 Å². The first-order valence-corrected chi connectivity index (χ1v) is 9.64. The molecule has 4 fully saturated rings. The normalized spacial score (nSPS) is 47.9. The van der Waals surface area contributed by atoms with Gasteiger partial charge in [-0.05, 0) is 68.3 Å². The van der Waals surface area contributed by atoms with E-state index in [1.54, 1.807) is 0 Å². The molecule has 3 heteroatoms. The third-order valence-electron chi connectivity index (χ3n) is 8.10. The highest BCUT2D eigenvalue weighted by Crippen LogP contribution is 2.66. The van der Waals surface area contributed by atoms with Crippen molar-refractivity contribution in [1.82, 2.24) is 0 Å². The van der Waals surface area contributed by atoms with Gasteiger partial charge in [-0.15, -0.1) is 0 Å². The third kappa shape index (κ3) is 1.87. The second kappa shape index (κ2) is 4.92. The maximum atomic E-state index is 11.8. The van der Waals surface area contributed by atoms with Crippen molar-refractivity contribution in [2.75, 3.05) is 13.2 Å². The second-order valence-electron chi connectivity index (χ2n) is 8.75. The summed E-state index contributed by atoms with van der Waals surface area (Å²) in [6.07, 6.45) is 11.2. The number of hydrogen-bond donors (Lipinski definition) is 0. The maximum Gasteiger partial charge on any atom is 0.174 e. The molecule has 126 valence electrons. The highest BCUT2D eigenvalue weighted by Gasteiger charge is 2.65. The minimum atomic E-state index is -0.277. The number of hydrogen-bond acceptors (Lipinski definition) is 3. The molecule has 3 nitrogen and oxygen atoms in total. The molecule has 0 N–H and O–H groups in total. The average Bonchev–Trinajstić information content (AvgIpc) is 3.14. The minimum absolute atomic E-state index is 0.205. The van der Waals surface area contributed by atoms with Crippen LogP contribution in [0.3, 0.4) is 0 Å². The Bertz CT molecular complexity index is 559. The summed E-state index contributed by atoms with van der Waals surface area (Å²) in [6, 6.07) is 0. The van der Waals surface area contributed by atoms with Crippen LogP contribution < -0.4 is 0 Å². The molecule has 1 spiro atoms. The molecule has 23 heavy (non-hydrogen) atoms. The standard InChI is InChI=1S/C20H28O3/c1-19-8-6-16-15-5-3-14(21)12-13(15)2-4-17(16)18(19)7-9-20(19)22-10-11-23-20/h12,15-18H,2-11H2,1H3/t15?,16?,17?,18?,19-/m0/s1. The molecule has 3 saturated carbocycles. The van der Waals surface area contributed by atoms with Crippen molar-refractivity contribution in [2.45, 2.75) is 64.1 Å². The number of fused-ring (bicyclic) bond motifs is 6. The molecule has 4 unspecified atom stereocenters.